The Balaban J connectivity index is 2.54. The molecule has 0 radical (unpaired) electrons. The summed E-state index contributed by atoms with van der Waals surface area (Å²) in [5.74, 6) is 1.02. The number of nitrogens with zero attached hydrogens (tertiary/aromatic N) is 2. The van der Waals surface area contributed by atoms with Gasteiger partial charge in [-0.1, -0.05) is 0 Å². The fourth-order valence-corrected chi connectivity index (χ4v) is 1.25. The number of nitrogens with one attached hydrogen (secondary N) is 1. The number of hydrogen-bond acceptors (Lipinski definition) is 2. The van der Waals surface area contributed by atoms with Gasteiger partial charge in [0.1, 0.15) is 5.82 Å². The van der Waals surface area contributed by atoms with E-state index in [9.17, 15) is 4.79 Å². The molecule has 0 aliphatic heterocycles. The minimum absolute atomic E-state index is 0.0562. The third-order valence-corrected chi connectivity index (χ3v) is 1.95. The van der Waals surface area contributed by atoms with Crippen LogP contribution < -0.4 is 5.32 Å². The molecule has 1 N–H and O–H groups in total. The van der Waals surface area contributed by atoms with Crippen molar-refractivity contribution in [3.63, 3.8) is 0 Å². The molecular weight excluding hydrogens is 166 g/mol. The number of rotatable bonds is 3. The molecule has 4 heteroatoms. The molecule has 1 amide bonds. The summed E-state index contributed by atoms with van der Waals surface area (Å²) in [6.45, 7) is 1.95. The molecule has 0 atom stereocenters. The van der Waals surface area contributed by atoms with E-state index in [1.54, 1.807) is 7.05 Å². The Morgan fingerprint density at radius 1 is 1.69 bits per heavy atom. The molecule has 0 aliphatic rings. The summed E-state index contributed by atoms with van der Waals surface area (Å²) >= 11 is 0. The summed E-state index contributed by atoms with van der Waals surface area (Å²) in [5.41, 5.74) is 0.995. The number of aromatic nitrogens is 2. The van der Waals surface area contributed by atoms with Gasteiger partial charge in [-0.05, 0) is 6.92 Å². The zero-order chi connectivity index (χ0) is 9.84. The zero-order valence-corrected chi connectivity index (χ0v) is 8.29. The SMILES string of the molecule is CNC(=O)CCc1nc(C)cn1C. The van der Waals surface area contributed by atoms with E-state index in [0.717, 1.165) is 11.5 Å². The van der Waals surface area contributed by atoms with E-state index in [4.69, 9.17) is 0 Å². The number of carbonyl (C=O) groups is 1. The maximum atomic E-state index is 11.0. The van der Waals surface area contributed by atoms with E-state index in [1.165, 1.54) is 0 Å². The molecule has 4 nitrogen and oxygen atoms in total. The number of hydrogen-bond donors (Lipinski definition) is 1. The van der Waals surface area contributed by atoms with Crippen LogP contribution in [0.3, 0.4) is 0 Å². The molecule has 1 rings (SSSR count). The predicted molar refractivity (Wildman–Crippen MR) is 50.3 cm³/mol. The largest absolute Gasteiger partial charge is 0.359 e. The number of aryl methyl sites for hydroxylation is 3. The smallest absolute Gasteiger partial charge is 0.220 e. The van der Waals surface area contributed by atoms with Gasteiger partial charge in [-0.2, -0.15) is 0 Å². The summed E-state index contributed by atoms with van der Waals surface area (Å²) in [6.07, 6.45) is 3.16. The molecule has 0 bridgehead atoms. The third kappa shape index (κ3) is 2.57. The number of imidazole rings is 1. The maximum Gasteiger partial charge on any atom is 0.220 e. The van der Waals surface area contributed by atoms with Gasteiger partial charge in [0.25, 0.3) is 0 Å². The Bertz CT molecular complexity index is 304. The molecule has 0 spiro atoms. The van der Waals surface area contributed by atoms with Crippen molar-refractivity contribution >= 4 is 5.91 Å². The van der Waals surface area contributed by atoms with Crippen LogP contribution in [0.4, 0.5) is 0 Å². The predicted octanol–water partition coefficient (Wildman–Crippen LogP) is 0.407. The topological polar surface area (TPSA) is 46.9 Å². The molecule has 1 aromatic heterocycles. The molecule has 0 unspecified atom stereocenters. The van der Waals surface area contributed by atoms with E-state index >= 15 is 0 Å². The fourth-order valence-electron chi connectivity index (χ4n) is 1.25. The van der Waals surface area contributed by atoms with Gasteiger partial charge in [0.15, 0.2) is 0 Å². The van der Waals surface area contributed by atoms with Gasteiger partial charge in [0.05, 0.1) is 5.69 Å². The molecule has 0 aliphatic carbocycles. The van der Waals surface area contributed by atoms with Crippen LogP contribution in [-0.4, -0.2) is 22.5 Å². The molecule has 0 saturated heterocycles. The Morgan fingerprint density at radius 3 is 2.85 bits per heavy atom. The van der Waals surface area contributed by atoms with Gasteiger partial charge in [0.2, 0.25) is 5.91 Å². The highest BCUT2D eigenvalue weighted by atomic mass is 16.1. The van der Waals surface area contributed by atoms with Crippen molar-refractivity contribution in [2.24, 2.45) is 7.05 Å². The Labute approximate surface area is 78.0 Å². The summed E-state index contributed by atoms with van der Waals surface area (Å²) < 4.78 is 1.96. The van der Waals surface area contributed by atoms with Crippen LogP contribution in [0.2, 0.25) is 0 Å². The Hall–Kier alpha value is -1.32. The minimum Gasteiger partial charge on any atom is -0.359 e. The van der Waals surface area contributed by atoms with Crippen molar-refractivity contribution in [3.05, 3.63) is 17.7 Å². The summed E-state index contributed by atoms with van der Waals surface area (Å²) in [6, 6.07) is 0. The lowest BCUT2D eigenvalue weighted by Crippen LogP contribution is -2.18. The monoisotopic (exact) mass is 181 g/mol. The lowest BCUT2D eigenvalue weighted by atomic mass is 10.3. The second-order valence-corrected chi connectivity index (χ2v) is 3.08. The van der Waals surface area contributed by atoms with Crippen molar-refractivity contribution in [2.75, 3.05) is 7.05 Å². The van der Waals surface area contributed by atoms with E-state index in [1.807, 2.05) is 24.7 Å². The number of amides is 1. The van der Waals surface area contributed by atoms with Crippen molar-refractivity contribution in [1.82, 2.24) is 14.9 Å². The first-order chi connectivity index (χ1) is 6.13. The molecular formula is C9H15N3O. The average molecular weight is 181 g/mol. The first-order valence-corrected chi connectivity index (χ1v) is 4.33. The standard InChI is InChI=1S/C9H15N3O/c1-7-6-12(3)8(11-7)4-5-9(13)10-2/h6H,4-5H2,1-3H3,(H,10,13). The minimum atomic E-state index is 0.0562. The summed E-state index contributed by atoms with van der Waals surface area (Å²) in [4.78, 5) is 15.3. The second kappa shape index (κ2) is 4.07. The van der Waals surface area contributed by atoms with Crippen LogP contribution in [0, 0.1) is 6.92 Å². The first-order valence-electron chi connectivity index (χ1n) is 4.33. The molecule has 72 valence electrons. The van der Waals surface area contributed by atoms with Gasteiger partial charge >= 0.3 is 0 Å². The van der Waals surface area contributed by atoms with Crippen LogP contribution in [0.25, 0.3) is 0 Å². The lowest BCUT2D eigenvalue weighted by molar-refractivity contribution is -0.120. The first kappa shape index (κ1) is 9.77. The normalized spacial score (nSPS) is 10.1. The van der Waals surface area contributed by atoms with Gasteiger partial charge in [-0.25, -0.2) is 4.98 Å². The van der Waals surface area contributed by atoms with Crippen LogP contribution in [0.15, 0.2) is 6.20 Å². The molecule has 0 fully saturated rings. The van der Waals surface area contributed by atoms with Gasteiger partial charge in [-0.3, -0.25) is 4.79 Å². The highest BCUT2D eigenvalue weighted by molar-refractivity contribution is 5.75. The van der Waals surface area contributed by atoms with Gasteiger partial charge < -0.3 is 9.88 Å². The third-order valence-electron chi connectivity index (χ3n) is 1.95. The van der Waals surface area contributed by atoms with Crippen molar-refractivity contribution in [3.8, 4) is 0 Å². The molecule has 1 heterocycles. The molecule has 1 aromatic rings. The van der Waals surface area contributed by atoms with E-state index in [-0.39, 0.29) is 5.91 Å². The highest BCUT2D eigenvalue weighted by Crippen LogP contribution is 2.02. The molecule has 0 saturated carbocycles. The number of carbonyl (C=O) groups excluding carboxylic acids is 1. The van der Waals surface area contributed by atoms with E-state index in [0.29, 0.717) is 12.8 Å². The zero-order valence-electron chi connectivity index (χ0n) is 8.29. The highest BCUT2D eigenvalue weighted by Gasteiger charge is 2.04. The maximum absolute atomic E-state index is 11.0. The van der Waals surface area contributed by atoms with Crippen LogP contribution in [0.1, 0.15) is 17.9 Å². The molecule has 13 heavy (non-hydrogen) atoms. The Morgan fingerprint density at radius 2 is 2.38 bits per heavy atom. The Kier molecular flexibility index (Phi) is 3.06. The van der Waals surface area contributed by atoms with Crippen LogP contribution in [0.5, 0.6) is 0 Å². The van der Waals surface area contributed by atoms with E-state index in [2.05, 4.69) is 10.3 Å². The average Bonchev–Trinajstić information content (AvgIpc) is 2.41. The fraction of sp³-hybridized carbons (Fsp3) is 0.556. The lowest BCUT2D eigenvalue weighted by Gasteiger charge is -2.00. The van der Waals surface area contributed by atoms with Crippen LogP contribution >= 0.6 is 0 Å². The summed E-state index contributed by atoms with van der Waals surface area (Å²) in [5, 5.41) is 2.59. The summed E-state index contributed by atoms with van der Waals surface area (Å²) in [7, 11) is 3.59. The van der Waals surface area contributed by atoms with E-state index < -0.39 is 0 Å². The second-order valence-electron chi connectivity index (χ2n) is 3.08. The van der Waals surface area contributed by atoms with Crippen molar-refractivity contribution in [2.45, 2.75) is 19.8 Å². The van der Waals surface area contributed by atoms with Crippen molar-refractivity contribution < 1.29 is 4.79 Å². The van der Waals surface area contributed by atoms with Gasteiger partial charge in [0, 0.05) is 33.1 Å². The van der Waals surface area contributed by atoms with Gasteiger partial charge in [-0.15, -0.1) is 0 Å². The van der Waals surface area contributed by atoms with Crippen molar-refractivity contribution in [1.29, 1.82) is 0 Å². The van der Waals surface area contributed by atoms with Crippen LogP contribution in [-0.2, 0) is 18.3 Å². The molecule has 0 aromatic carbocycles. The quantitative estimate of drug-likeness (QED) is 0.734.